The molecule has 0 aliphatic carbocycles. The lowest BCUT2D eigenvalue weighted by molar-refractivity contribution is -0.512. The van der Waals surface area contributed by atoms with Gasteiger partial charge in [0.1, 0.15) is 11.2 Å². The molecule has 0 atom stereocenters. The van der Waals surface area contributed by atoms with E-state index in [2.05, 4.69) is 173 Å². The molecule has 0 saturated carbocycles. The minimum atomic E-state index is -1.97. The van der Waals surface area contributed by atoms with Crippen LogP contribution in [0, 0.1) is 0 Å². The highest BCUT2D eigenvalue weighted by Gasteiger charge is 2.49. The number of aromatic nitrogens is 2. The predicted molar refractivity (Wildman–Crippen MR) is 178 cm³/mol. The van der Waals surface area contributed by atoms with Crippen LogP contribution in [0.3, 0.4) is 0 Å². The molecule has 3 nitrogen and oxygen atoms in total. The van der Waals surface area contributed by atoms with Crippen LogP contribution in [0.15, 0.2) is 164 Å². The van der Waals surface area contributed by atoms with Crippen molar-refractivity contribution in [2.45, 2.75) is 0 Å². The first-order valence-corrected chi connectivity index (χ1v) is 14.9. The molecule has 0 spiro atoms. The lowest BCUT2D eigenvalue weighted by atomic mass is 9.40. The molecule has 0 fully saturated rings. The summed E-state index contributed by atoms with van der Waals surface area (Å²) in [5.41, 5.74) is 6.77. The lowest BCUT2D eigenvalue weighted by Crippen LogP contribution is -2.83. The van der Waals surface area contributed by atoms with Gasteiger partial charge >= 0.3 is 6.48 Å². The van der Waals surface area contributed by atoms with E-state index in [1.54, 1.807) is 0 Å². The van der Waals surface area contributed by atoms with E-state index in [0.29, 0.717) is 0 Å². The zero-order valence-electron chi connectivity index (χ0n) is 23.5. The molecule has 202 valence electrons. The third-order valence-electron chi connectivity index (χ3n) is 9.09. The molecule has 2 heterocycles. The molecule has 0 amide bonds. The Kier molecular flexibility index (Phi) is 5.14. The van der Waals surface area contributed by atoms with Gasteiger partial charge in [0.25, 0.3) is 5.82 Å². The van der Waals surface area contributed by atoms with Crippen LogP contribution in [0.5, 0.6) is 5.75 Å². The molecule has 0 radical (unpaired) electrons. The predicted octanol–water partition coefficient (Wildman–Crippen LogP) is 7.39. The number of para-hydroxylation sites is 2. The van der Waals surface area contributed by atoms with Gasteiger partial charge < -0.3 is 9.13 Å². The summed E-state index contributed by atoms with van der Waals surface area (Å²) in [6, 6.07) is 58.4. The van der Waals surface area contributed by atoms with E-state index in [9.17, 15) is 0 Å². The van der Waals surface area contributed by atoms with Crippen molar-refractivity contribution in [3.05, 3.63) is 164 Å². The molecular weight excluding hydrogens is 523 g/mol. The number of nitrogens with zero attached hydrogens (tertiary/aromatic N) is 2. The fourth-order valence-corrected chi connectivity index (χ4v) is 7.37. The van der Waals surface area contributed by atoms with Gasteiger partial charge in [0.15, 0.2) is 5.52 Å². The smallest absolute Gasteiger partial charge is 0.423 e. The molecule has 1 aliphatic heterocycles. The van der Waals surface area contributed by atoms with Gasteiger partial charge in [-0.15, -0.1) is 10.9 Å². The summed E-state index contributed by atoms with van der Waals surface area (Å²) in [6.07, 6.45) is 0. The highest BCUT2D eigenvalue weighted by molar-refractivity contribution is 6.92. The number of hydrogen-bond donors (Lipinski definition) is 0. The van der Waals surface area contributed by atoms with Crippen LogP contribution in [0.4, 0.5) is 0 Å². The van der Waals surface area contributed by atoms with Gasteiger partial charge in [0.2, 0.25) is 0 Å². The third-order valence-corrected chi connectivity index (χ3v) is 9.09. The van der Waals surface area contributed by atoms with E-state index in [1.807, 2.05) is 0 Å². The van der Waals surface area contributed by atoms with Crippen molar-refractivity contribution >= 4 is 50.0 Å². The molecule has 8 aromatic rings. The van der Waals surface area contributed by atoms with Crippen LogP contribution in [0.2, 0.25) is 0 Å². The fourth-order valence-electron chi connectivity index (χ4n) is 7.37. The number of hydrogen-bond acceptors (Lipinski definition) is 1. The van der Waals surface area contributed by atoms with Gasteiger partial charge in [-0.2, -0.15) is 4.57 Å². The molecule has 0 bridgehead atoms. The first-order valence-electron chi connectivity index (χ1n) is 14.9. The molecule has 43 heavy (non-hydrogen) atoms. The van der Waals surface area contributed by atoms with E-state index in [-0.39, 0.29) is 0 Å². The highest BCUT2D eigenvalue weighted by Crippen LogP contribution is 2.43. The molecule has 9 rings (SSSR count). The van der Waals surface area contributed by atoms with Crippen LogP contribution >= 0.6 is 0 Å². The summed E-state index contributed by atoms with van der Waals surface area (Å²) in [5, 5.41) is 4.89. The molecule has 7 aromatic carbocycles. The average molecular weight is 550 g/mol. The van der Waals surface area contributed by atoms with Crippen molar-refractivity contribution in [3.63, 3.8) is 0 Å². The summed E-state index contributed by atoms with van der Waals surface area (Å²) in [5.74, 6) is 1.99. The molecule has 0 unspecified atom stereocenters. The summed E-state index contributed by atoms with van der Waals surface area (Å²) < 4.78 is 12.4. The van der Waals surface area contributed by atoms with Crippen molar-refractivity contribution in [1.29, 1.82) is 0 Å². The number of fused-ring (bicyclic) bond motifs is 10. The summed E-state index contributed by atoms with van der Waals surface area (Å²) in [7, 11) is 0. The van der Waals surface area contributed by atoms with E-state index in [0.717, 1.165) is 39.3 Å². The Morgan fingerprint density at radius 2 is 0.953 bits per heavy atom. The SMILES string of the molecule is c1ccc(-n2c3[n+](c4c5ccccc5c5ccccc5c42)[B-](c2ccccc2)(c2ccccc2)Oc2ccccc2-3)cc1. The minimum Gasteiger partial charge on any atom is -0.671 e. The maximum Gasteiger partial charge on any atom is 0.423 e. The maximum atomic E-state index is 7.45. The zero-order valence-corrected chi connectivity index (χ0v) is 23.5. The van der Waals surface area contributed by atoms with E-state index in [1.165, 1.54) is 27.1 Å². The second-order valence-electron chi connectivity index (χ2n) is 11.3. The lowest BCUT2D eigenvalue weighted by Gasteiger charge is -2.44. The fraction of sp³-hybridized carbons (Fsp3) is 0. The van der Waals surface area contributed by atoms with Crippen LogP contribution in [0.1, 0.15) is 0 Å². The standard InChI is InChI=1S/C39H27BN2O/c1-4-16-28(17-5-1)40(29-18-6-2-7-19-29)42-38-34-25-13-11-23-32(34)31-22-10-12-24-33(31)37(38)41(30-20-8-3-9-21-30)39(42)35-26-14-15-27-36(35)43-40/h1-27H. The second-order valence-corrected chi connectivity index (χ2v) is 11.3. The van der Waals surface area contributed by atoms with Gasteiger partial charge in [-0.3, -0.25) is 0 Å². The van der Waals surface area contributed by atoms with Gasteiger partial charge in [-0.1, -0.05) is 133 Å². The van der Waals surface area contributed by atoms with Crippen LogP contribution < -0.4 is 20.1 Å². The van der Waals surface area contributed by atoms with Crippen LogP contribution in [-0.4, -0.2) is 11.1 Å². The van der Waals surface area contributed by atoms with E-state index < -0.39 is 6.48 Å². The summed E-state index contributed by atoms with van der Waals surface area (Å²) >= 11 is 0. The Bertz CT molecular complexity index is 2270. The zero-order chi connectivity index (χ0) is 28.4. The van der Waals surface area contributed by atoms with Gasteiger partial charge in [-0.05, 0) is 41.1 Å². The molecule has 1 aromatic heterocycles. The third kappa shape index (κ3) is 3.29. The van der Waals surface area contributed by atoms with E-state index >= 15 is 0 Å². The van der Waals surface area contributed by atoms with Gasteiger partial charge in [0, 0.05) is 10.8 Å². The molecule has 0 saturated heterocycles. The highest BCUT2D eigenvalue weighted by atomic mass is 16.5. The van der Waals surface area contributed by atoms with Crippen LogP contribution in [0.25, 0.3) is 49.7 Å². The van der Waals surface area contributed by atoms with Gasteiger partial charge in [0.05, 0.1) is 11.3 Å². The Morgan fingerprint density at radius 1 is 0.465 bits per heavy atom. The Hall–Kier alpha value is -5.61. The number of rotatable bonds is 3. The quantitative estimate of drug-likeness (QED) is 0.166. The van der Waals surface area contributed by atoms with Crippen molar-refractivity contribution in [2.24, 2.45) is 0 Å². The summed E-state index contributed by atoms with van der Waals surface area (Å²) in [6.45, 7) is -1.97. The van der Waals surface area contributed by atoms with Crippen molar-refractivity contribution in [3.8, 4) is 22.8 Å². The maximum absolute atomic E-state index is 7.45. The number of benzene rings is 7. The molecule has 1 aliphatic rings. The monoisotopic (exact) mass is 550 g/mol. The van der Waals surface area contributed by atoms with Crippen LogP contribution in [-0.2, 0) is 0 Å². The number of imidazole rings is 1. The minimum absolute atomic E-state index is 0.879. The van der Waals surface area contributed by atoms with Gasteiger partial charge in [-0.25, -0.2) is 0 Å². The molecule has 0 N–H and O–H groups in total. The Labute approximate surface area is 249 Å². The Balaban J connectivity index is 1.64. The van der Waals surface area contributed by atoms with Crippen molar-refractivity contribution in [2.75, 3.05) is 0 Å². The second kappa shape index (κ2) is 9.20. The normalized spacial score (nSPS) is 13.5. The first kappa shape index (κ1) is 24.0. The van der Waals surface area contributed by atoms with Crippen molar-refractivity contribution < 1.29 is 9.13 Å². The Morgan fingerprint density at radius 3 is 1.60 bits per heavy atom. The molecular formula is C39H27BN2O. The largest absolute Gasteiger partial charge is 0.671 e. The summed E-state index contributed by atoms with van der Waals surface area (Å²) in [4.78, 5) is 0. The topological polar surface area (TPSA) is 18.0 Å². The first-order chi connectivity index (χ1) is 21.4. The molecule has 4 heteroatoms. The van der Waals surface area contributed by atoms with E-state index in [4.69, 9.17) is 4.65 Å². The van der Waals surface area contributed by atoms with Crippen molar-refractivity contribution in [1.82, 2.24) is 4.57 Å². The average Bonchev–Trinajstić information content (AvgIpc) is 3.47.